The van der Waals surface area contributed by atoms with Gasteiger partial charge in [-0.1, -0.05) is 83.6 Å². The number of hydrogen-bond donors (Lipinski definition) is 2. The van der Waals surface area contributed by atoms with Crippen LogP contribution in [0, 0.1) is 11.8 Å². The summed E-state index contributed by atoms with van der Waals surface area (Å²) in [5, 5.41) is 9.85. The highest BCUT2D eigenvalue weighted by Crippen LogP contribution is 2.32. The molecule has 9 nitrogen and oxygen atoms in total. The van der Waals surface area contributed by atoms with Crippen molar-refractivity contribution in [3.05, 3.63) is 141 Å². The van der Waals surface area contributed by atoms with E-state index in [1.54, 1.807) is 0 Å². The number of nitrogens with zero attached hydrogens (tertiary/aromatic N) is 5. The van der Waals surface area contributed by atoms with Crippen molar-refractivity contribution in [3.63, 3.8) is 0 Å². The van der Waals surface area contributed by atoms with Crippen molar-refractivity contribution in [3.8, 4) is 23.1 Å². The van der Waals surface area contributed by atoms with Crippen LogP contribution in [0.3, 0.4) is 0 Å². The third kappa shape index (κ3) is 9.15. The average molecular weight is 761 g/mol. The lowest BCUT2D eigenvalue weighted by Crippen LogP contribution is -2.46. The van der Waals surface area contributed by atoms with Gasteiger partial charge in [-0.2, -0.15) is 5.10 Å². The summed E-state index contributed by atoms with van der Waals surface area (Å²) in [5.41, 5.74) is 14.2. The van der Waals surface area contributed by atoms with Gasteiger partial charge in [-0.25, -0.2) is 0 Å². The van der Waals surface area contributed by atoms with Crippen molar-refractivity contribution < 1.29 is 9.59 Å². The minimum Gasteiger partial charge on any atom is -0.369 e. The Morgan fingerprint density at radius 1 is 0.796 bits per heavy atom. The number of carbonyl (C=O) groups excluding carboxylic acids is 2. The number of carbonyl (C=O) groups is 2. The molecule has 0 spiro atoms. The van der Waals surface area contributed by atoms with Crippen LogP contribution in [0.5, 0.6) is 0 Å². The third-order valence-corrected chi connectivity index (χ3v) is 10.7. The van der Waals surface area contributed by atoms with Crippen LogP contribution in [0.25, 0.3) is 11.3 Å². The molecule has 1 saturated heterocycles. The van der Waals surface area contributed by atoms with Crippen molar-refractivity contribution in [2.75, 3.05) is 44.2 Å². The molecule has 0 atom stereocenters. The Balaban J connectivity index is 1.03. The van der Waals surface area contributed by atoms with Crippen molar-refractivity contribution in [1.29, 1.82) is 0 Å². The molecule has 1 fully saturated rings. The van der Waals surface area contributed by atoms with E-state index in [1.165, 1.54) is 16.2 Å². The molecule has 11 heteroatoms. The number of nitrogens with one attached hydrogen (secondary N) is 1. The molecule has 4 aromatic carbocycles. The Bertz CT molecular complexity index is 2150. The normalized spacial score (nSPS) is 14.3. The molecule has 1 aromatic heterocycles. The number of benzene rings is 4. The maximum atomic E-state index is 12.7. The fourth-order valence-corrected chi connectivity index (χ4v) is 7.41. The molecule has 2 aliphatic rings. The van der Waals surface area contributed by atoms with Gasteiger partial charge in [-0.3, -0.25) is 19.2 Å². The van der Waals surface area contributed by atoms with Crippen LogP contribution in [-0.4, -0.2) is 70.7 Å². The monoisotopic (exact) mass is 759 g/mol. The van der Waals surface area contributed by atoms with Crippen molar-refractivity contribution in [1.82, 2.24) is 24.9 Å². The van der Waals surface area contributed by atoms with E-state index in [-0.39, 0.29) is 6.54 Å². The maximum absolute atomic E-state index is 12.7. The van der Waals surface area contributed by atoms with E-state index < -0.39 is 11.8 Å². The number of hydrogen-bond acceptors (Lipinski definition) is 6. The SMILES string of the molecule is NC(=O)C(=O)N1CCc2c(c(-c3ccc(Cl)c(C#Cc4ccc(CNCc5ccc(Cl)cc5)cc4)c3)nn2CCCN2CCN(c3ccccc3)CC2)C1. The van der Waals surface area contributed by atoms with Gasteiger partial charge >= 0.3 is 11.8 Å². The predicted octanol–water partition coefficient (Wildman–Crippen LogP) is 6.13. The molecular weight excluding hydrogens is 717 g/mol. The molecule has 0 aliphatic carbocycles. The number of fused-ring (bicyclic) bond motifs is 1. The van der Waals surface area contributed by atoms with Crippen LogP contribution < -0.4 is 16.0 Å². The van der Waals surface area contributed by atoms with Crippen molar-refractivity contribution >= 4 is 40.7 Å². The first kappa shape index (κ1) is 37.2. The molecule has 3 N–H and O–H groups in total. The van der Waals surface area contributed by atoms with Crippen LogP contribution in [0.15, 0.2) is 97.1 Å². The second-order valence-corrected chi connectivity index (χ2v) is 14.6. The molecule has 2 aliphatic heterocycles. The van der Waals surface area contributed by atoms with Crippen molar-refractivity contribution in [2.24, 2.45) is 5.73 Å². The van der Waals surface area contributed by atoms with Gasteiger partial charge in [-0.05, 0) is 66.1 Å². The zero-order valence-corrected chi connectivity index (χ0v) is 31.6. The quantitative estimate of drug-likeness (QED) is 0.131. The summed E-state index contributed by atoms with van der Waals surface area (Å²) < 4.78 is 2.09. The fourth-order valence-electron chi connectivity index (χ4n) is 7.12. The van der Waals surface area contributed by atoms with E-state index in [2.05, 4.69) is 74.1 Å². The summed E-state index contributed by atoms with van der Waals surface area (Å²) >= 11 is 12.7. The number of anilines is 1. The lowest BCUT2D eigenvalue weighted by molar-refractivity contribution is -0.144. The van der Waals surface area contributed by atoms with E-state index >= 15 is 0 Å². The van der Waals surface area contributed by atoms with Gasteiger partial charge in [0.2, 0.25) is 0 Å². The molecule has 0 radical (unpaired) electrons. The van der Waals surface area contributed by atoms with Gasteiger partial charge in [0.1, 0.15) is 0 Å². The molecule has 3 heterocycles. The van der Waals surface area contributed by atoms with Crippen LogP contribution in [0.4, 0.5) is 5.69 Å². The summed E-state index contributed by atoms with van der Waals surface area (Å²) in [6.07, 6.45) is 1.53. The zero-order chi connectivity index (χ0) is 37.4. The molecule has 276 valence electrons. The number of primary amides is 1. The number of aromatic nitrogens is 2. The fraction of sp³-hybridized carbons (Fsp3) is 0.279. The Hall–Kier alpha value is -5.11. The number of halogens is 2. The van der Waals surface area contributed by atoms with E-state index in [9.17, 15) is 9.59 Å². The smallest absolute Gasteiger partial charge is 0.311 e. The highest BCUT2D eigenvalue weighted by molar-refractivity contribution is 6.34. The Kier molecular flexibility index (Phi) is 12.0. The number of rotatable bonds is 10. The lowest BCUT2D eigenvalue weighted by Gasteiger charge is -2.36. The highest BCUT2D eigenvalue weighted by atomic mass is 35.5. The van der Waals surface area contributed by atoms with Gasteiger partial charge in [0.15, 0.2) is 0 Å². The topological polar surface area (TPSA) is 99.7 Å². The molecular formula is C43H43Cl2N7O2. The molecule has 0 saturated carbocycles. The number of nitrogens with two attached hydrogens (primary N) is 1. The van der Waals surface area contributed by atoms with Crippen LogP contribution in [-0.2, 0) is 42.2 Å². The van der Waals surface area contributed by atoms with Gasteiger partial charge in [0.05, 0.1) is 17.3 Å². The number of aryl methyl sites for hydroxylation is 1. The second kappa shape index (κ2) is 17.4. The predicted molar refractivity (Wildman–Crippen MR) is 215 cm³/mol. The highest BCUT2D eigenvalue weighted by Gasteiger charge is 2.30. The molecule has 7 rings (SSSR count). The summed E-state index contributed by atoms with van der Waals surface area (Å²) in [6, 6.07) is 32.3. The summed E-state index contributed by atoms with van der Waals surface area (Å²) in [5.74, 6) is 4.89. The number of para-hydroxylation sites is 1. The van der Waals surface area contributed by atoms with Gasteiger partial charge in [0.25, 0.3) is 0 Å². The number of amides is 2. The molecule has 5 aromatic rings. The van der Waals surface area contributed by atoms with E-state index in [0.29, 0.717) is 23.6 Å². The van der Waals surface area contributed by atoms with E-state index in [4.69, 9.17) is 34.0 Å². The van der Waals surface area contributed by atoms with Gasteiger partial charge < -0.3 is 20.9 Å². The lowest BCUT2D eigenvalue weighted by atomic mass is 9.99. The molecule has 0 bridgehead atoms. The molecule has 2 amide bonds. The van der Waals surface area contributed by atoms with E-state index in [0.717, 1.165) is 97.4 Å². The van der Waals surface area contributed by atoms with Crippen LogP contribution >= 0.6 is 23.2 Å². The Morgan fingerprint density at radius 3 is 2.20 bits per heavy atom. The maximum Gasteiger partial charge on any atom is 0.311 e. The van der Waals surface area contributed by atoms with Crippen LogP contribution in [0.2, 0.25) is 10.0 Å². The van der Waals surface area contributed by atoms with E-state index in [1.807, 2.05) is 54.6 Å². The van der Waals surface area contributed by atoms with Gasteiger partial charge in [0, 0.05) is 104 Å². The largest absolute Gasteiger partial charge is 0.369 e. The number of piperazine rings is 1. The summed E-state index contributed by atoms with van der Waals surface area (Å²) in [4.78, 5) is 31.0. The first-order valence-electron chi connectivity index (χ1n) is 18.4. The first-order chi connectivity index (χ1) is 26.3. The molecule has 54 heavy (non-hydrogen) atoms. The zero-order valence-electron chi connectivity index (χ0n) is 30.1. The third-order valence-electron chi connectivity index (χ3n) is 10.1. The summed E-state index contributed by atoms with van der Waals surface area (Å²) in [7, 11) is 0. The average Bonchev–Trinajstić information content (AvgIpc) is 3.56. The standard InChI is InChI=1S/C43H43Cl2N7O2/c44-36-16-12-33(13-17-36)29-47-28-32-9-7-31(8-10-32)11-14-34-27-35(15-18-39(34)45)41-38-30-51(43(54)42(46)53)22-19-40(38)52(48-41)21-4-20-49-23-25-50(26-24-49)37-5-2-1-3-6-37/h1-3,5-10,12-13,15-18,27,47H,4,19-26,28-30H2,(H2,46,53). The molecule has 0 unspecified atom stereocenters. The first-order valence-corrected chi connectivity index (χ1v) is 19.1. The van der Waals surface area contributed by atoms with Crippen LogP contribution in [0.1, 0.15) is 39.9 Å². The second-order valence-electron chi connectivity index (χ2n) is 13.7. The Morgan fingerprint density at radius 2 is 1.50 bits per heavy atom. The summed E-state index contributed by atoms with van der Waals surface area (Å²) in [6.45, 7) is 7.92. The van der Waals surface area contributed by atoms with Crippen molar-refractivity contribution in [2.45, 2.75) is 39.0 Å². The minimum atomic E-state index is -0.953. The minimum absolute atomic E-state index is 0.262. The van der Waals surface area contributed by atoms with Gasteiger partial charge in [-0.15, -0.1) is 0 Å². The Labute approximate surface area is 326 Å².